The van der Waals surface area contributed by atoms with Crippen molar-refractivity contribution in [1.82, 2.24) is 0 Å². The molecule has 0 saturated heterocycles. The maximum Gasteiger partial charge on any atom is 0.314 e. The molecule has 0 aliphatic carbocycles. The molecule has 1 N–H and O–H groups in total. The number of aliphatic carboxylic acids is 1. The zero-order valence-corrected chi connectivity index (χ0v) is 7.01. The first kappa shape index (κ1) is 9.45. The van der Waals surface area contributed by atoms with Gasteiger partial charge in [-0.05, 0) is 12.0 Å². The third-order valence-electron chi connectivity index (χ3n) is 1.78. The lowest BCUT2D eigenvalue weighted by atomic mass is 10.0. The quantitative estimate of drug-likeness (QED) is 0.555. The van der Waals surface area contributed by atoms with Crippen LogP contribution in [0.3, 0.4) is 0 Å². The molecule has 0 fully saturated rings. The van der Waals surface area contributed by atoms with Crippen LogP contribution in [0.1, 0.15) is 5.56 Å². The van der Waals surface area contributed by atoms with Gasteiger partial charge < -0.3 is 9.90 Å². The van der Waals surface area contributed by atoms with Crippen LogP contribution in [0.15, 0.2) is 30.3 Å². The minimum absolute atomic E-state index is 0.264. The summed E-state index contributed by atoms with van der Waals surface area (Å²) in [5, 5.41) is 8.60. The van der Waals surface area contributed by atoms with Crippen LogP contribution >= 0.6 is 0 Å². The highest BCUT2D eigenvalue weighted by molar-refractivity contribution is 5.86. The Balaban J connectivity index is 2.67. The highest BCUT2D eigenvalue weighted by atomic mass is 16.4. The lowest BCUT2D eigenvalue weighted by Crippen LogP contribution is -2.17. The molecule has 1 atom stereocenters. The van der Waals surface area contributed by atoms with Crippen molar-refractivity contribution in [3.63, 3.8) is 0 Å². The lowest BCUT2D eigenvalue weighted by molar-refractivity contribution is -0.143. The molecule has 0 bridgehead atoms. The fraction of sp³-hybridized carbons (Fsp3) is 0.200. The van der Waals surface area contributed by atoms with Gasteiger partial charge in [0, 0.05) is 0 Å². The van der Waals surface area contributed by atoms with Gasteiger partial charge in [0.05, 0.1) is 0 Å². The summed E-state index contributed by atoms with van der Waals surface area (Å²) in [7, 11) is 0. The highest BCUT2D eigenvalue weighted by Gasteiger charge is 2.16. The molecule has 1 rings (SSSR count). The third kappa shape index (κ3) is 2.71. The minimum atomic E-state index is -1.07. The average Bonchev–Trinajstić information content (AvgIpc) is 2.15. The molecule has 68 valence electrons. The number of hydrogen-bond acceptors (Lipinski definition) is 2. The third-order valence-corrected chi connectivity index (χ3v) is 1.78. The summed E-state index contributed by atoms with van der Waals surface area (Å²) >= 11 is 0. The zero-order valence-electron chi connectivity index (χ0n) is 7.01. The first-order valence-corrected chi connectivity index (χ1v) is 3.96. The van der Waals surface area contributed by atoms with E-state index in [1.165, 1.54) is 0 Å². The van der Waals surface area contributed by atoms with E-state index in [1.54, 1.807) is 12.1 Å². The summed E-state index contributed by atoms with van der Waals surface area (Å²) in [6.07, 6.45) is 0.731. The monoisotopic (exact) mass is 178 g/mol. The van der Waals surface area contributed by atoms with Crippen LogP contribution in [0.25, 0.3) is 0 Å². The maximum absolute atomic E-state index is 10.5. The second-order valence-electron chi connectivity index (χ2n) is 2.77. The summed E-state index contributed by atoms with van der Waals surface area (Å²) < 4.78 is 0. The van der Waals surface area contributed by atoms with Gasteiger partial charge in [0.15, 0.2) is 0 Å². The first-order chi connectivity index (χ1) is 6.24. The number of benzene rings is 1. The molecule has 0 spiro atoms. The second kappa shape index (κ2) is 4.40. The van der Waals surface area contributed by atoms with Gasteiger partial charge in [-0.1, -0.05) is 30.3 Å². The molecule has 3 heteroatoms. The van der Waals surface area contributed by atoms with Crippen molar-refractivity contribution in [3.05, 3.63) is 35.9 Å². The standard InChI is InChI=1S/C10H10O3/c11-7-9(10(12)13)6-8-4-2-1-3-5-8/h1-5,7,9H,6H2,(H,12,13)/t9-/m1/s1. The molecule has 0 aliphatic rings. The number of carboxylic acid groups (broad SMARTS) is 1. The fourth-order valence-corrected chi connectivity index (χ4v) is 1.06. The molecule has 0 radical (unpaired) electrons. The Kier molecular flexibility index (Phi) is 3.20. The number of aldehydes is 1. The Bertz CT molecular complexity index is 292. The van der Waals surface area contributed by atoms with Gasteiger partial charge in [-0.3, -0.25) is 4.79 Å². The van der Waals surface area contributed by atoms with E-state index >= 15 is 0 Å². The van der Waals surface area contributed by atoms with E-state index in [4.69, 9.17) is 5.11 Å². The average molecular weight is 178 g/mol. The Labute approximate surface area is 76.0 Å². The van der Waals surface area contributed by atoms with Crippen molar-refractivity contribution < 1.29 is 14.7 Å². The molecule has 0 aromatic heterocycles. The van der Waals surface area contributed by atoms with E-state index in [-0.39, 0.29) is 6.42 Å². The van der Waals surface area contributed by atoms with E-state index in [2.05, 4.69) is 0 Å². The molecule has 1 aromatic rings. The van der Waals surface area contributed by atoms with Gasteiger partial charge in [0.2, 0.25) is 0 Å². The van der Waals surface area contributed by atoms with Crippen LogP contribution in [-0.2, 0) is 16.0 Å². The summed E-state index contributed by atoms with van der Waals surface area (Å²) in [5.41, 5.74) is 0.863. The van der Waals surface area contributed by atoms with Crippen molar-refractivity contribution in [1.29, 1.82) is 0 Å². The van der Waals surface area contributed by atoms with Gasteiger partial charge >= 0.3 is 5.97 Å². The number of carboxylic acids is 1. The lowest BCUT2D eigenvalue weighted by Gasteiger charge is -2.03. The van der Waals surface area contributed by atoms with E-state index in [0.717, 1.165) is 5.56 Å². The molecular formula is C10H10O3. The molecule has 0 heterocycles. The largest absolute Gasteiger partial charge is 0.481 e. The van der Waals surface area contributed by atoms with Gasteiger partial charge in [-0.25, -0.2) is 0 Å². The molecular weight excluding hydrogens is 168 g/mol. The topological polar surface area (TPSA) is 54.4 Å². The Morgan fingerprint density at radius 2 is 2.00 bits per heavy atom. The molecule has 0 saturated carbocycles. The molecule has 1 aromatic carbocycles. The van der Waals surface area contributed by atoms with Crippen molar-refractivity contribution >= 4 is 12.3 Å². The van der Waals surface area contributed by atoms with Crippen LogP contribution in [-0.4, -0.2) is 17.4 Å². The van der Waals surface area contributed by atoms with Crippen molar-refractivity contribution in [2.24, 2.45) is 5.92 Å². The fourth-order valence-electron chi connectivity index (χ4n) is 1.06. The summed E-state index contributed by atoms with van der Waals surface area (Å²) in [5.74, 6) is -2.00. The summed E-state index contributed by atoms with van der Waals surface area (Å²) in [6, 6.07) is 9.09. The van der Waals surface area contributed by atoms with E-state index in [0.29, 0.717) is 6.29 Å². The van der Waals surface area contributed by atoms with Crippen molar-refractivity contribution in [3.8, 4) is 0 Å². The maximum atomic E-state index is 10.5. The molecule has 3 nitrogen and oxygen atoms in total. The zero-order chi connectivity index (χ0) is 9.68. The van der Waals surface area contributed by atoms with E-state index < -0.39 is 11.9 Å². The van der Waals surface area contributed by atoms with Gasteiger partial charge in [-0.15, -0.1) is 0 Å². The minimum Gasteiger partial charge on any atom is -0.481 e. The predicted octanol–water partition coefficient (Wildman–Crippen LogP) is 1.13. The normalized spacial score (nSPS) is 12.0. The first-order valence-electron chi connectivity index (χ1n) is 3.96. The summed E-state index contributed by atoms with van der Waals surface area (Å²) in [6.45, 7) is 0. The highest BCUT2D eigenvalue weighted by Crippen LogP contribution is 2.06. The molecule has 13 heavy (non-hydrogen) atoms. The van der Waals surface area contributed by atoms with Gasteiger partial charge in [0.25, 0.3) is 0 Å². The smallest absolute Gasteiger partial charge is 0.314 e. The van der Waals surface area contributed by atoms with Crippen molar-refractivity contribution in [2.75, 3.05) is 0 Å². The van der Waals surface area contributed by atoms with Crippen LogP contribution in [0.2, 0.25) is 0 Å². The number of hydrogen-bond donors (Lipinski definition) is 1. The van der Waals surface area contributed by atoms with Crippen LogP contribution in [0, 0.1) is 5.92 Å². The Morgan fingerprint density at radius 3 is 2.46 bits per heavy atom. The Hall–Kier alpha value is -1.64. The predicted molar refractivity (Wildman–Crippen MR) is 47.3 cm³/mol. The van der Waals surface area contributed by atoms with Crippen LogP contribution in [0.4, 0.5) is 0 Å². The van der Waals surface area contributed by atoms with Crippen LogP contribution < -0.4 is 0 Å². The van der Waals surface area contributed by atoms with Gasteiger partial charge in [0.1, 0.15) is 12.2 Å². The molecule has 0 amide bonds. The SMILES string of the molecule is O=C[C@@H](Cc1ccccc1)C(=O)O. The summed E-state index contributed by atoms with van der Waals surface area (Å²) in [4.78, 5) is 20.9. The van der Waals surface area contributed by atoms with Crippen molar-refractivity contribution in [2.45, 2.75) is 6.42 Å². The number of carbonyl (C=O) groups is 2. The number of rotatable bonds is 4. The molecule has 0 unspecified atom stereocenters. The number of carbonyl (C=O) groups excluding carboxylic acids is 1. The van der Waals surface area contributed by atoms with E-state index in [1.807, 2.05) is 18.2 Å². The van der Waals surface area contributed by atoms with E-state index in [9.17, 15) is 9.59 Å². The van der Waals surface area contributed by atoms with Crippen LogP contribution in [0.5, 0.6) is 0 Å². The molecule has 0 aliphatic heterocycles. The Morgan fingerprint density at radius 1 is 1.38 bits per heavy atom. The second-order valence-corrected chi connectivity index (χ2v) is 2.77. The van der Waals surface area contributed by atoms with Gasteiger partial charge in [-0.2, -0.15) is 0 Å².